The van der Waals surface area contributed by atoms with E-state index in [1.807, 2.05) is 0 Å². The van der Waals surface area contributed by atoms with Crippen LogP contribution in [0, 0.1) is 0 Å². The summed E-state index contributed by atoms with van der Waals surface area (Å²) in [6.45, 7) is 1.14. The molecule has 0 heterocycles. The molecule has 0 amide bonds. The second-order valence-electron chi connectivity index (χ2n) is 2.07. The smallest absolute Gasteiger partial charge is 0.332 e. The zero-order valence-corrected chi connectivity index (χ0v) is 9.30. The Kier molecular flexibility index (Phi) is 4.52. The van der Waals surface area contributed by atoms with Crippen LogP contribution in [-0.4, -0.2) is 20.7 Å². The molecular formula is C6H4Cl4O3. The topological polar surface area (TPSA) is 54.4 Å². The molecule has 0 rings (SSSR count). The normalized spacial score (nSPS) is 13.6. The van der Waals surface area contributed by atoms with Gasteiger partial charge in [0, 0.05) is 0 Å². The van der Waals surface area contributed by atoms with Crippen LogP contribution in [0.3, 0.4) is 0 Å². The van der Waals surface area contributed by atoms with Crippen molar-refractivity contribution in [1.29, 1.82) is 0 Å². The number of carboxylic acids is 1. The van der Waals surface area contributed by atoms with E-state index in [1.165, 1.54) is 0 Å². The highest BCUT2D eigenvalue weighted by atomic mass is 35.6. The number of carbonyl (C=O) groups excluding carboxylic acids is 1. The third kappa shape index (κ3) is 3.73. The summed E-state index contributed by atoms with van der Waals surface area (Å²) in [5.41, 5.74) is -0.363. The fraction of sp³-hybridized carbons (Fsp3) is 0.333. The van der Waals surface area contributed by atoms with Gasteiger partial charge in [-0.15, -0.1) is 0 Å². The summed E-state index contributed by atoms with van der Waals surface area (Å²) in [6, 6.07) is 0. The van der Waals surface area contributed by atoms with Crippen molar-refractivity contribution >= 4 is 58.2 Å². The molecule has 0 fully saturated rings. The van der Waals surface area contributed by atoms with E-state index in [0.29, 0.717) is 0 Å². The minimum absolute atomic E-state index is 0.363. The van der Waals surface area contributed by atoms with Gasteiger partial charge in [-0.1, -0.05) is 46.4 Å². The number of aliphatic carboxylic acids is 1. The van der Waals surface area contributed by atoms with Gasteiger partial charge in [0.15, 0.2) is 0 Å². The second-order valence-corrected chi connectivity index (χ2v) is 4.73. The monoisotopic (exact) mass is 264 g/mol. The molecular weight excluding hydrogens is 262 g/mol. The van der Waals surface area contributed by atoms with Gasteiger partial charge in [0.2, 0.25) is 5.78 Å². The molecule has 0 aliphatic rings. The highest BCUT2D eigenvalue weighted by molar-refractivity contribution is 6.79. The average molecular weight is 266 g/mol. The molecule has 0 aliphatic carbocycles. The summed E-state index contributed by atoms with van der Waals surface area (Å²) in [5.74, 6) is -2.40. The minimum Gasteiger partial charge on any atom is -0.478 e. The third-order valence-electron chi connectivity index (χ3n) is 1.11. The Morgan fingerprint density at radius 2 is 1.62 bits per heavy atom. The summed E-state index contributed by atoms with van der Waals surface area (Å²) < 4.78 is -2.23. The molecule has 3 nitrogen and oxygen atoms in total. The predicted octanol–water partition coefficient (Wildman–Crippen LogP) is 2.52. The van der Waals surface area contributed by atoms with E-state index < -0.39 is 20.6 Å². The standard InChI is InChI=1S/C6H4Cl4O3/c1-2(5(12)13)3(7)4(11)6(8,9)10/h1H3,(H,12,13). The van der Waals surface area contributed by atoms with E-state index in [1.54, 1.807) is 0 Å². The number of hydrogen-bond acceptors (Lipinski definition) is 2. The van der Waals surface area contributed by atoms with Crippen LogP contribution < -0.4 is 0 Å². The van der Waals surface area contributed by atoms with Crippen molar-refractivity contribution in [2.45, 2.75) is 10.7 Å². The Morgan fingerprint density at radius 3 is 1.85 bits per heavy atom. The quantitative estimate of drug-likeness (QED) is 0.617. The molecule has 0 aromatic heterocycles. The number of allylic oxidation sites excluding steroid dienone is 1. The van der Waals surface area contributed by atoms with Gasteiger partial charge in [-0.05, 0) is 6.92 Å². The molecule has 0 aromatic rings. The van der Waals surface area contributed by atoms with Crippen molar-refractivity contribution in [2.24, 2.45) is 0 Å². The predicted molar refractivity (Wildman–Crippen MR) is 51.5 cm³/mol. The third-order valence-corrected chi connectivity index (χ3v) is 2.08. The number of carboxylic acid groups (broad SMARTS) is 1. The zero-order valence-electron chi connectivity index (χ0n) is 6.28. The Hall–Kier alpha value is 0.0400. The molecule has 0 radical (unpaired) electrons. The molecule has 0 unspecified atom stereocenters. The van der Waals surface area contributed by atoms with Gasteiger partial charge in [0.1, 0.15) is 0 Å². The van der Waals surface area contributed by atoms with Crippen molar-refractivity contribution < 1.29 is 14.7 Å². The van der Waals surface area contributed by atoms with Crippen LogP contribution >= 0.6 is 46.4 Å². The lowest BCUT2D eigenvalue weighted by Crippen LogP contribution is -2.20. The van der Waals surface area contributed by atoms with E-state index in [-0.39, 0.29) is 5.57 Å². The molecule has 1 N–H and O–H groups in total. The van der Waals surface area contributed by atoms with Crippen LogP contribution in [0.25, 0.3) is 0 Å². The van der Waals surface area contributed by atoms with Crippen LogP contribution in [0.1, 0.15) is 6.92 Å². The number of alkyl halides is 3. The summed E-state index contributed by atoms with van der Waals surface area (Å²) in [6.07, 6.45) is 0. The molecule has 0 aliphatic heterocycles. The second kappa shape index (κ2) is 4.51. The average Bonchev–Trinajstić information content (AvgIpc) is 1.98. The van der Waals surface area contributed by atoms with Crippen molar-refractivity contribution in [2.75, 3.05) is 0 Å². The molecule has 7 heteroatoms. The minimum atomic E-state index is -2.23. The van der Waals surface area contributed by atoms with Gasteiger partial charge in [-0.25, -0.2) is 4.79 Å². The maximum Gasteiger partial charge on any atom is 0.332 e. The summed E-state index contributed by atoms with van der Waals surface area (Å²) >= 11 is 20.9. The highest BCUT2D eigenvalue weighted by Gasteiger charge is 2.34. The molecule has 0 saturated heterocycles. The molecule has 0 bridgehead atoms. The first kappa shape index (κ1) is 13.0. The molecule has 0 spiro atoms. The van der Waals surface area contributed by atoms with Gasteiger partial charge in [0.25, 0.3) is 3.79 Å². The SMILES string of the molecule is CC(C(=O)O)=C(Cl)C(=O)C(Cl)(Cl)Cl. The van der Waals surface area contributed by atoms with Crippen molar-refractivity contribution in [3.8, 4) is 0 Å². The van der Waals surface area contributed by atoms with E-state index in [4.69, 9.17) is 51.5 Å². The molecule has 0 aromatic carbocycles. The van der Waals surface area contributed by atoms with Gasteiger partial charge < -0.3 is 5.11 Å². The molecule has 74 valence electrons. The van der Waals surface area contributed by atoms with Crippen molar-refractivity contribution in [3.05, 3.63) is 10.6 Å². The Balaban J connectivity index is 5.01. The number of rotatable bonds is 2. The van der Waals surface area contributed by atoms with Crippen LogP contribution in [0.5, 0.6) is 0 Å². The lowest BCUT2D eigenvalue weighted by atomic mass is 10.2. The number of hydrogen-bond donors (Lipinski definition) is 1. The van der Waals surface area contributed by atoms with E-state index in [9.17, 15) is 9.59 Å². The van der Waals surface area contributed by atoms with Crippen LogP contribution in [0.15, 0.2) is 10.6 Å². The number of Topliss-reactive ketones (excluding diaryl/α,β-unsaturated/α-hetero) is 1. The lowest BCUT2D eigenvalue weighted by molar-refractivity contribution is -0.132. The molecule has 0 saturated carbocycles. The Bertz CT molecular complexity index is 276. The first-order valence-electron chi connectivity index (χ1n) is 2.89. The first-order chi connectivity index (χ1) is 5.68. The summed E-state index contributed by atoms with van der Waals surface area (Å²) in [4.78, 5) is 21.4. The Morgan fingerprint density at radius 1 is 1.23 bits per heavy atom. The lowest BCUT2D eigenvalue weighted by Gasteiger charge is -2.08. The van der Waals surface area contributed by atoms with Gasteiger partial charge in [-0.3, -0.25) is 4.79 Å². The highest BCUT2D eigenvalue weighted by Crippen LogP contribution is 2.32. The van der Waals surface area contributed by atoms with E-state index in [0.717, 1.165) is 6.92 Å². The van der Waals surface area contributed by atoms with Crippen LogP contribution in [0.4, 0.5) is 0 Å². The summed E-state index contributed by atoms with van der Waals surface area (Å²) in [5, 5.41) is 7.85. The largest absolute Gasteiger partial charge is 0.478 e. The van der Waals surface area contributed by atoms with Crippen LogP contribution in [-0.2, 0) is 9.59 Å². The van der Waals surface area contributed by atoms with Crippen molar-refractivity contribution in [3.63, 3.8) is 0 Å². The fourth-order valence-corrected chi connectivity index (χ4v) is 1.04. The fourth-order valence-electron chi connectivity index (χ4n) is 0.389. The number of halogens is 4. The number of ketones is 1. The van der Waals surface area contributed by atoms with Gasteiger partial charge in [-0.2, -0.15) is 0 Å². The van der Waals surface area contributed by atoms with Crippen molar-refractivity contribution in [1.82, 2.24) is 0 Å². The zero-order chi connectivity index (χ0) is 10.8. The van der Waals surface area contributed by atoms with Crippen LogP contribution in [0.2, 0.25) is 0 Å². The summed E-state index contributed by atoms with van der Waals surface area (Å²) in [7, 11) is 0. The maximum atomic E-state index is 11.1. The van der Waals surface area contributed by atoms with E-state index in [2.05, 4.69) is 0 Å². The van der Waals surface area contributed by atoms with Gasteiger partial charge >= 0.3 is 5.97 Å². The first-order valence-corrected chi connectivity index (χ1v) is 4.40. The maximum absolute atomic E-state index is 11.1. The molecule has 0 atom stereocenters. The van der Waals surface area contributed by atoms with E-state index >= 15 is 0 Å². The number of carbonyl (C=O) groups is 2. The van der Waals surface area contributed by atoms with Gasteiger partial charge in [0.05, 0.1) is 10.6 Å². The molecule has 13 heavy (non-hydrogen) atoms. The Labute approximate surface area is 94.2 Å².